The van der Waals surface area contributed by atoms with Crippen LogP contribution in [0.25, 0.3) is 0 Å². The van der Waals surface area contributed by atoms with E-state index in [1.807, 2.05) is 0 Å². The van der Waals surface area contributed by atoms with Gasteiger partial charge in [0.2, 0.25) is 0 Å². The van der Waals surface area contributed by atoms with E-state index >= 15 is 0 Å². The zero-order chi connectivity index (χ0) is 15.1. The van der Waals surface area contributed by atoms with Crippen LogP contribution in [0.3, 0.4) is 0 Å². The van der Waals surface area contributed by atoms with Crippen molar-refractivity contribution >= 4 is 17.6 Å². The highest BCUT2D eigenvalue weighted by Crippen LogP contribution is 2.13. The Morgan fingerprint density at radius 2 is 1.85 bits per heavy atom. The van der Waals surface area contributed by atoms with E-state index in [-0.39, 0.29) is 30.0 Å². The first-order valence-corrected chi connectivity index (χ1v) is 5.72. The maximum Gasteiger partial charge on any atom is 0.338 e. The number of nitro benzene ring substituents is 1. The van der Waals surface area contributed by atoms with Gasteiger partial charge in [-0.1, -0.05) is 6.58 Å². The van der Waals surface area contributed by atoms with E-state index in [0.29, 0.717) is 0 Å². The minimum absolute atomic E-state index is 0.0158. The molecular formula is C13H13NO6. The molecule has 0 amide bonds. The molecule has 0 heterocycles. The number of hydrogen-bond acceptors (Lipinski definition) is 6. The van der Waals surface area contributed by atoms with Crippen molar-refractivity contribution in [3.8, 4) is 0 Å². The van der Waals surface area contributed by atoms with Crippen molar-refractivity contribution in [1.29, 1.82) is 0 Å². The Bertz CT molecular complexity index is 534. The SMILES string of the molecule is C=C(COC(=O)c1ccc([N+](=O)[O-])cc1)C(=O)OCC. The quantitative estimate of drug-likeness (QED) is 0.341. The minimum atomic E-state index is -0.703. The second kappa shape index (κ2) is 7.03. The Labute approximate surface area is 114 Å². The maximum absolute atomic E-state index is 11.6. The molecule has 7 nitrogen and oxygen atoms in total. The number of nitrogens with zero attached hydrogens (tertiary/aromatic N) is 1. The summed E-state index contributed by atoms with van der Waals surface area (Å²) in [5, 5.41) is 10.5. The molecule has 0 saturated heterocycles. The number of carbonyl (C=O) groups excluding carboxylic acids is 2. The molecule has 0 bridgehead atoms. The molecule has 0 aliphatic carbocycles. The molecule has 0 aromatic heterocycles. The van der Waals surface area contributed by atoms with Gasteiger partial charge in [-0.2, -0.15) is 0 Å². The average molecular weight is 279 g/mol. The van der Waals surface area contributed by atoms with E-state index in [1.54, 1.807) is 6.92 Å². The number of rotatable bonds is 6. The van der Waals surface area contributed by atoms with Crippen molar-refractivity contribution in [2.24, 2.45) is 0 Å². The van der Waals surface area contributed by atoms with Crippen LogP contribution in [0.2, 0.25) is 0 Å². The number of hydrogen-bond donors (Lipinski definition) is 0. The van der Waals surface area contributed by atoms with Crippen molar-refractivity contribution in [2.45, 2.75) is 6.92 Å². The van der Waals surface area contributed by atoms with Crippen molar-refractivity contribution < 1.29 is 24.0 Å². The Morgan fingerprint density at radius 1 is 1.25 bits per heavy atom. The van der Waals surface area contributed by atoms with Gasteiger partial charge in [0, 0.05) is 12.1 Å². The predicted molar refractivity (Wildman–Crippen MR) is 69.2 cm³/mol. The minimum Gasteiger partial charge on any atom is -0.463 e. The number of ether oxygens (including phenoxy) is 2. The van der Waals surface area contributed by atoms with Gasteiger partial charge in [-0.15, -0.1) is 0 Å². The van der Waals surface area contributed by atoms with Crippen molar-refractivity contribution in [3.05, 3.63) is 52.1 Å². The summed E-state index contributed by atoms with van der Waals surface area (Å²) in [6.45, 7) is 4.99. The Hall–Kier alpha value is -2.70. The van der Waals surface area contributed by atoms with Crippen LogP contribution < -0.4 is 0 Å². The molecule has 0 fully saturated rings. The molecule has 0 N–H and O–H groups in total. The third kappa shape index (κ3) is 4.20. The van der Waals surface area contributed by atoms with Crippen molar-refractivity contribution in [2.75, 3.05) is 13.2 Å². The second-order valence-electron chi connectivity index (χ2n) is 3.70. The summed E-state index contributed by atoms with van der Waals surface area (Å²) in [7, 11) is 0. The first kappa shape index (κ1) is 15.4. The van der Waals surface area contributed by atoms with Crippen LogP contribution in [0.15, 0.2) is 36.4 Å². The zero-order valence-electron chi connectivity index (χ0n) is 10.8. The number of carbonyl (C=O) groups is 2. The Balaban J connectivity index is 2.57. The summed E-state index contributed by atoms with van der Waals surface area (Å²) < 4.78 is 9.53. The molecule has 0 aliphatic heterocycles. The topological polar surface area (TPSA) is 95.7 Å². The standard InChI is InChI=1S/C13H13NO6/c1-3-19-12(15)9(2)8-20-13(16)10-4-6-11(7-5-10)14(17)18/h4-7H,2-3,8H2,1H3. The monoisotopic (exact) mass is 279 g/mol. The smallest absolute Gasteiger partial charge is 0.338 e. The fraction of sp³-hybridized carbons (Fsp3) is 0.231. The Kier molecular flexibility index (Phi) is 5.40. The third-order valence-electron chi connectivity index (χ3n) is 2.26. The van der Waals surface area contributed by atoms with Gasteiger partial charge >= 0.3 is 11.9 Å². The summed E-state index contributed by atoms with van der Waals surface area (Å²) >= 11 is 0. The highest BCUT2D eigenvalue weighted by atomic mass is 16.6. The van der Waals surface area contributed by atoms with E-state index in [9.17, 15) is 19.7 Å². The average Bonchev–Trinajstić information content (AvgIpc) is 2.44. The molecule has 106 valence electrons. The molecule has 0 spiro atoms. The van der Waals surface area contributed by atoms with Gasteiger partial charge in [-0.3, -0.25) is 10.1 Å². The lowest BCUT2D eigenvalue weighted by atomic mass is 10.2. The van der Waals surface area contributed by atoms with Crippen LogP contribution in [0.4, 0.5) is 5.69 Å². The van der Waals surface area contributed by atoms with Crippen LogP contribution in [-0.2, 0) is 14.3 Å². The molecule has 1 aromatic carbocycles. The molecule has 7 heteroatoms. The van der Waals surface area contributed by atoms with Crippen LogP contribution in [0.5, 0.6) is 0 Å². The molecule has 0 saturated carbocycles. The lowest BCUT2D eigenvalue weighted by Crippen LogP contribution is -2.14. The van der Waals surface area contributed by atoms with E-state index in [0.717, 1.165) is 0 Å². The lowest BCUT2D eigenvalue weighted by molar-refractivity contribution is -0.384. The first-order chi connectivity index (χ1) is 9.45. The molecule has 1 rings (SSSR count). The molecule has 0 radical (unpaired) electrons. The van der Waals surface area contributed by atoms with Crippen LogP contribution >= 0.6 is 0 Å². The first-order valence-electron chi connectivity index (χ1n) is 5.72. The molecule has 0 aliphatic rings. The van der Waals surface area contributed by atoms with Gasteiger partial charge < -0.3 is 9.47 Å². The largest absolute Gasteiger partial charge is 0.463 e. The maximum atomic E-state index is 11.6. The molecule has 1 aromatic rings. The zero-order valence-corrected chi connectivity index (χ0v) is 10.8. The van der Waals surface area contributed by atoms with Crippen molar-refractivity contribution in [1.82, 2.24) is 0 Å². The molecule has 0 unspecified atom stereocenters. The highest BCUT2D eigenvalue weighted by Gasteiger charge is 2.13. The summed E-state index contributed by atoms with van der Waals surface area (Å²) in [5.41, 5.74) is 0.0341. The third-order valence-corrected chi connectivity index (χ3v) is 2.26. The summed E-state index contributed by atoms with van der Waals surface area (Å²) in [5.74, 6) is -1.34. The van der Waals surface area contributed by atoms with Gasteiger partial charge in [0.15, 0.2) is 0 Å². The lowest BCUT2D eigenvalue weighted by Gasteiger charge is -2.06. The highest BCUT2D eigenvalue weighted by molar-refractivity contribution is 5.91. The van der Waals surface area contributed by atoms with Gasteiger partial charge in [0.1, 0.15) is 6.61 Å². The second-order valence-corrected chi connectivity index (χ2v) is 3.70. The number of esters is 2. The predicted octanol–water partition coefficient (Wildman–Crippen LogP) is 1.87. The number of nitro groups is 1. The van der Waals surface area contributed by atoms with E-state index in [4.69, 9.17) is 4.74 Å². The summed E-state index contributed by atoms with van der Waals surface area (Å²) in [4.78, 5) is 32.7. The molecule has 0 atom stereocenters. The van der Waals surface area contributed by atoms with Crippen LogP contribution in [0.1, 0.15) is 17.3 Å². The van der Waals surface area contributed by atoms with Gasteiger partial charge in [0.05, 0.1) is 22.7 Å². The summed E-state index contributed by atoms with van der Waals surface area (Å²) in [6, 6.07) is 4.93. The fourth-order valence-electron chi connectivity index (χ4n) is 1.25. The van der Waals surface area contributed by atoms with Crippen LogP contribution in [-0.4, -0.2) is 30.1 Å². The van der Waals surface area contributed by atoms with Gasteiger partial charge in [-0.05, 0) is 19.1 Å². The van der Waals surface area contributed by atoms with Gasteiger partial charge in [-0.25, -0.2) is 9.59 Å². The van der Waals surface area contributed by atoms with E-state index < -0.39 is 16.9 Å². The van der Waals surface area contributed by atoms with Crippen LogP contribution in [0, 0.1) is 10.1 Å². The molecular weight excluding hydrogens is 266 g/mol. The van der Waals surface area contributed by atoms with E-state index in [2.05, 4.69) is 11.3 Å². The van der Waals surface area contributed by atoms with Crippen molar-refractivity contribution in [3.63, 3.8) is 0 Å². The normalized spacial score (nSPS) is 9.65. The summed E-state index contributed by atoms with van der Waals surface area (Å²) in [6.07, 6.45) is 0. The fourth-order valence-corrected chi connectivity index (χ4v) is 1.25. The van der Waals surface area contributed by atoms with Gasteiger partial charge in [0.25, 0.3) is 5.69 Å². The number of non-ortho nitro benzene ring substituents is 1. The molecule has 20 heavy (non-hydrogen) atoms. The van der Waals surface area contributed by atoms with E-state index in [1.165, 1.54) is 24.3 Å². The Morgan fingerprint density at radius 3 is 2.35 bits per heavy atom. The number of benzene rings is 1.